The van der Waals surface area contributed by atoms with E-state index < -0.39 is 0 Å². The van der Waals surface area contributed by atoms with E-state index in [0.717, 1.165) is 56.4 Å². The summed E-state index contributed by atoms with van der Waals surface area (Å²) in [5.74, 6) is 1.64. The van der Waals surface area contributed by atoms with Gasteiger partial charge in [-0.05, 0) is 62.4 Å². The van der Waals surface area contributed by atoms with E-state index in [4.69, 9.17) is 11.6 Å². The molecule has 3 rings (SSSR count). The van der Waals surface area contributed by atoms with Crippen LogP contribution in [0.3, 0.4) is 0 Å². The van der Waals surface area contributed by atoms with Gasteiger partial charge in [0.05, 0.1) is 5.92 Å². The maximum Gasteiger partial charge on any atom is 0.229 e. The van der Waals surface area contributed by atoms with Crippen LogP contribution in [0.15, 0.2) is 24.3 Å². The molecule has 1 amide bonds. The maximum atomic E-state index is 12.7. The molecule has 2 aliphatic rings. The van der Waals surface area contributed by atoms with Crippen molar-refractivity contribution < 1.29 is 4.79 Å². The van der Waals surface area contributed by atoms with E-state index in [1.165, 1.54) is 0 Å². The minimum atomic E-state index is -0.111. The molecule has 1 aromatic rings. The number of halogens is 2. The van der Waals surface area contributed by atoms with Crippen molar-refractivity contribution in [1.82, 2.24) is 10.2 Å². The fourth-order valence-electron chi connectivity index (χ4n) is 3.63. The van der Waals surface area contributed by atoms with Gasteiger partial charge in [0.15, 0.2) is 0 Å². The molecule has 3 atom stereocenters. The van der Waals surface area contributed by atoms with E-state index in [9.17, 15) is 4.79 Å². The van der Waals surface area contributed by atoms with Gasteiger partial charge in [-0.3, -0.25) is 4.79 Å². The standard InChI is InChI=1S/C17H23ClN2O.ClH/c1-12(13-3-2-4-16(18)9-13)17(21)20-7-5-14-10-19-11-15(14)6-8-20;/h2-4,9,12,14-15,19H,5-8,10-11H2,1H3;1H/t12?,14-,15+;. The van der Waals surface area contributed by atoms with Gasteiger partial charge in [-0.15, -0.1) is 12.4 Å². The Hall–Kier alpha value is -0.770. The van der Waals surface area contributed by atoms with Gasteiger partial charge in [-0.2, -0.15) is 0 Å². The molecule has 2 aliphatic heterocycles. The number of rotatable bonds is 2. The molecule has 0 bridgehead atoms. The molecule has 5 heteroatoms. The Bertz CT molecular complexity index is 509. The summed E-state index contributed by atoms with van der Waals surface area (Å²) in [6.07, 6.45) is 2.26. The van der Waals surface area contributed by atoms with Crippen molar-refractivity contribution in [2.45, 2.75) is 25.7 Å². The second-order valence-corrected chi connectivity index (χ2v) is 6.79. The lowest BCUT2D eigenvalue weighted by molar-refractivity contribution is -0.132. The summed E-state index contributed by atoms with van der Waals surface area (Å²) in [4.78, 5) is 14.8. The van der Waals surface area contributed by atoms with Crippen LogP contribution in [0, 0.1) is 11.8 Å². The van der Waals surface area contributed by atoms with E-state index in [0.29, 0.717) is 5.02 Å². The number of amides is 1. The van der Waals surface area contributed by atoms with E-state index in [-0.39, 0.29) is 24.2 Å². The first-order valence-corrected chi connectivity index (χ1v) is 8.28. The Morgan fingerprint density at radius 3 is 2.50 bits per heavy atom. The molecule has 0 saturated carbocycles. The summed E-state index contributed by atoms with van der Waals surface area (Å²) in [6, 6.07) is 7.66. The van der Waals surface area contributed by atoms with Crippen LogP contribution in [0.25, 0.3) is 0 Å². The molecule has 0 aliphatic carbocycles. The molecule has 3 nitrogen and oxygen atoms in total. The number of carbonyl (C=O) groups excluding carboxylic acids is 1. The fraction of sp³-hybridized carbons (Fsp3) is 0.588. The van der Waals surface area contributed by atoms with Gasteiger partial charge >= 0.3 is 0 Å². The van der Waals surface area contributed by atoms with Crippen molar-refractivity contribution in [3.8, 4) is 0 Å². The van der Waals surface area contributed by atoms with Gasteiger partial charge in [0.2, 0.25) is 5.91 Å². The number of likely N-dealkylation sites (tertiary alicyclic amines) is 1. The minimum absolute atomic E-state index is 0. The topological polar surface area (TPSA) is 32.3 Å². The quantitative estimate of drug-likeness (QED) is 0.893. The first kappa shape index (κ1) is 17.6. The number of hydrogen-bond acceptors (Lipinski definition) is 2. The molecule has 1 unspecified atom stereocenters. The van der Waals surface area contributed by atoms with Crippen LogP contribution in [0.5, 0.6) is 0 Å². The lowest BCUT2D eigenvalue weighted by atomic mass is 9.92. The van der Waals surface area contributed by atoms with Crippen LogP contribution in [-0.2, 0) is 4.79 Å². The molecule has 0 radical (unpaired) electrons. The average molecular weight is 343 g/mol. The van der Waals surface area contributed by atoms with Crippen molar-refractivity contribution in [3.05, 3.63) is 34.9 Å². The van der Waals surface area contributed by atoms with Crippen LogP contribution in [0.4, 0.5) is 0 Å². The Balaban J connectivity index is 0.00000176. The zero-order valence-electron chi connectivity index (χ0n) is 12.9. The van der Waals surface area contributed by atoms with E-state index >= 15 is 0 Å². The summed E-state index contributed by atoms with van der Waals surface area (Å²) in [5, 5.41) is 4.17. The monoisotopic (exact) mass is 342 g/mol. The van der Waals surface area contributed by atoms with Crippen molar-refractivity contribution >= 4 is 29.9 Å². The van der Waals surface area contributed by atoms with Gasteiger partial charge in [0.1, 0.15) is 0 Å². The lowest BCUT2D eigenvalue weighted by Gasteiger charge is -2.25. The average Bonchev–Trinajstić information content (AvgIpc) is 2.84. The SMILES string of the molecule is CC(C(=O)N1CC[C@@H]2CNC[C@@H]2CC1)c1cccc(Cl)c1.Cl. The molecular weight excluding hydrogens is 319 g/mol. The zero-order chi connectivity index (χ0) is 14.8. The molecule has 2 fully saturated rings. The second kappa shape index (κ2) is 7.67. The molecule has 1 N–H and O–H groups in total. The predicted molar refractivity (Wildman–Crippen MR) is 92.8 cm³/mol. The summed E-state index contributed by atoms with van der Waals surface area (Å²) in [5.41, 5.74) is 1.01. The molecule has 122 valence electrons. The molecule has 2 heterocycles. The third-order valence-electron chi connectivity index (χ3n) is 5.05. The highest BCUT2D eigenvalue weighted by Gasteiger charge is 2.32. The van der Waals surface area contributed by atoms with E-state index in [1.807, 2.05) is 31.2 Å². The smallest absolute Gasteiger partial charge is 0.229 e. The molecule has 0 spiro atoms. The normalized spacial score (nSPS) is 25.8. The van der Waals surface area contributed by atoms with E-state index in [1.54, 1.807) is 0 Å². The van der Waals surface area contributed by atoms with Gasteiger partial charge in [0, 0.05) is 18.1 Å². The fourth-order valence-corrected chi connectivity index (χ4v) is 3.83. The lowest BCUT2D eigenvalue weighted by Crippen LogP contribution is -2.35. The number of fused-ring (bicyclic) bond motifs is 1. The number of benzene rings is 1. The van der Waals surface area contributed by atoms with Crippen LogP contribution in [-0.4, -0.2) is 37.0 Å². The highest BCUT2D eigenvalue weighted by atomic mass is 35.5. The van der Waals surface area contributed by atoms with Gasteiger partial charge in [-0.1, -0.05) is 23.7 Å². The summed E-state index contributed by atoms with van der Waals surface area (Å²) < 4.78 is 0. The van der Waals surface area contributed by atoms with Gasteiger partial charge in [0.25, 0.3) is 0 Å². The van der Waals surface area contributed by atoms with Crippen molar-refractivity contribution in [2.24, 2.45) is 11.8 Å². The Kier molecular flexibility index (Phi) is 6.13. The van der Waals surface area contributed by atoms with Crippen molar-refractivity contribution in [2.75, 3.05) is 26.2 Å². The van der Waals surface area contributed by atoms with Crippen LogP contribution in [0.1, 0.15) is 31.2 Å². The highest BCUT2D eigenvalue weighted by molar-refractivity contribution is 6.30. The predicted octanol–water partition coefficient (Wildman–Crippen LogP) is 3.32. The summed E-state index contributed by atoms with van der Waals surface area (Å²) >= 11 is 6.04. The van der Waals surface area contributed by atoms with Crippen LogP contribution < -0.4 is 5.32 Å². The summed E-state index contributed by atoms with van der Waals surface area (Å²) in [6.45, 7) is 6.02. The minimum Gasteiger partial charge on any atom is -0.342 e. The Morgan fingerprint density at radius 2 is 1.91 bits per heavy atom. The Labute approximate surface area is 143 Å². The highest BCUT2D eigenvalue weighted by Crippen LogP contribution is 2.29. The van der Waals surface area contributed by atoms with E-state index in [2.05, 4.69) is 10.2 Å². The summed E-state index contributed by atoms with van der Waals surface area (Å²) in [7, 11) is 0. The van der Waals surface area contributed by atoms with Crippen LogP contribution >= 0.6 is 24.0 Å². The second-order valence-electron chi connectivity index (χ2n) is 6.36. The number of nitrogens with zero attached hydrogens (tertiary/aromatic N) is 1. The van der Waals surface area contributed by atoms with Gasteiger partial charge in [-0.25, -0.2) is 0 Å². The first-order valence-electron chi connectivity index (χ1n) is 7.90. The maximum absolute atomic E-state index is 12.7. The first-order chi connectivity index (χ1) is 10.1. The molecule has 22 heavy (non-hydrogen) atoms. The third-order valence-corrected chi connectivity index (χ3v) is 5.29. The van der Waals surface area contributed by atoms with Gasteiger partial charge < -0.3 is 10.2 Å². The molecular formula is C17H24Cl2N2O. The molecule has 1 aromatic carbocycles. The number of carbonyl (C=O) groups is 1. The number of nitrogens with one attached hydrogen (secondary N) is 1. The van der Waals surface area contributed by atoms with Crippen LogP contribution in [0.2, 0.25) is 5.02 Å². The number of hydrogen-bond donors (Lipinski definition) is 1. The third kappa shape index (κ3) is 3.76. The van der Waals surface area contributed by atoms with Crippen molar-refractivity contribution in [1.29, 1.82) is 0 Å². The largest absolute Gasteiger partial charge is 0.342 e. The van der Waals surface area contributed by atoms with Crippen molar-refractivity contribution in [3.63, 3.8) is 0 Å². The molecule has 0 aromatic heterocycles. The zero-order valence-corrected chi connectivity index (χ0v) is 14.5. The Morgan fingerprint density at radius 1 is 1.27 bits per heavy atom. The molecule has 2 saturated heterocycles.